The summed E-state index contributed by atoms with van der Waals surface area (Å²) in [6.45, 7) is 13.2. The maximum atomic E-state index is 14.0. The number of ether oxygens (including phenoxy) is 3. The van der Waals surface area contributed by atoms with Gasteiger partial charge in [0.1, 0.15) is 11.9 Å². The smallest absolute Gasteiger partial charge is 0.255 e. The van der Waals surface area contributed by atoms with Gasteiger partial charge in [0.2, 0.25) is 29.7 Å². The lowest BCUT2D eigenvalue weighted by Gasteiger charge is -2.28. The molecule has 0 aliphatic carbocycles. The normalized spacial score (nSPS) is 16.3. The Morgan fingerprint density at radius 3 is 2.34 bits per heavy atom. The molecule has 0 spiro atoms. The highest BCUT2D eigenvalue weighted by molar-refractivity contribution is 6.08. The summed E-state index contributed by atoms with van der Waals surface area (Å²) in [5.74, 6) is -7.99. The summed E-state index contributed by atoms with van der Waals surface area (Å²) >= 11 is 0. The van der Waals surface area contributed by atoms with Gasteiger partial charge in [0.05, 0.1) is 23.2 Å². The number of amidine groups is 1. The van der Waals surface area contributed by atoms with Crippen LogP contribution in [0.3, 0.4) is 0 Å². The van der Waals surface area contributed by atoms with E-state index in [0.29, 0.717) is 59.6 Å². The van der Waals surface area contributed by atoms with Crippen LogP contribution in [0.1, 0.15) is 102 Å². The molecule has 2 unspecified atom stereocenters. The number of carbonyl (C=O) groups excluding carboxylic acids is 3. The highest BCUT2D eigenvalue weighted by Crippen LogP contribution is 2.43. The number of epoxide rings is 1. The number of hydrogen-bond donors (Lipinski definition) is 3. The largest absolute Gasteiger partial charge is 0.456 e. The molecule has 5 rings (SSSR count). The van der Waals surface area contributed by atoms with Crippen molar-refractivity contribution in [2.24, 2.45) is 16.1 Å². The molecule has 0 bridgehead atoms. The van der Waals surface area contributed by atoms with E-state index in [0.717, 1.165) is 12.8 Å². The van der Waals surface area contributed by atoms with E-state index in [2.05, 4.69) is 20.6 Å². The van der Waals surface area contributed by atoms with E-state index >= 15 is 0 Å². The van der Waals surface area contributed by atoms with Gasteiger partial charge in [-0.2, -0.15) is 8.78 Å². The van der Waals surface area contributed by atoms with Gasteiger partial charge in [0.25, 0.3) is 5.91 Å². The first-order valence-electron chi connectivity index (χ1n) is 19.7. The number of anilines is 1. The summed E-state index contributed by atoms with van der Waals surface area (Å²) in [7, 11) is 0. The lowest BCUT2D eigenvalue weighted by Crippen LogP contribution is -2.34. The number of hydrogen-bond acceptors (Lipinski definition) is 9. The number of nitrogens with zero attached hydrogens (tertiary/aromatic N) is 3. The molecule has 3 aromatic rings. The van der Waals surface area contributed by atoms with Crippen molar-refractivity contribution in [3.63, 3.8) is 0 Å². The van der Waals surface area contributed by atoms with Crippen LogP contribution in [-0.4, -0.2) is 71.1 Å². The summed E-state index contributed by atoms with van der Waals surface area (Å²) < 4.78 is 71.9. The van der Waals surface area contributed by atoms with Crippen LogP contribution in [0, 0.1) is 28.7 Å². The average molecular weight is 825 g/mol. The number of aromatic nitrogens is 1. The number of carbonyl (C=O) groups is 3. The number of nitrogens with two attached hydrogens (primary N) is 1. The molecule has 1 fully saturated rings. The van der Waals surface area contributed by atoms with Crippen LogP contribution in [0.15, 0.2) is 53.3 Å². The van der Waals surface area contributed by atoms with Crippen LogP contribution >= 0.6 is 0 Å². The number of amides is 3. The molecular formula is C43H52F4N6O6. The Morgan fingerprint density at radius 2 is 1.66 bits per heavy atom. The van der Waals surface area contributed by atoms with Gasteiger partial charge in [0, 0.05) is 68.0 Å². The number of nitrogens with one attached hydrogen (secondary N) is 2. The molecule has 16 heteroatoms. The fourth-order valence-corrected chi connectivity index (χ4v) is 6.60. The zero-order valence-electron chi connectivity index (χ0n) is 34.2. The highest BCUT2D eigenvalue weighted by atomic mass is 19.2. The van der Waals surface area contributed by atoms with Gasteiger partial charge in [-0.25, -0.2) is 13.8 Å². The number of fused-ring (bicyclic) bond motifs is 1. The monoisotopic (exact) mass is 824 g/mol. The molecule has 0 radical (unpaired) electrons. The minimum absolute atomic E-state index is 0.0733. The Hall–Kier alpha value is -5.35. The molecule has 2 aliphatic heterocycles. The van der Waals surface area contributed by atoms with Gasteiger partial charge < -0.3 is 35.5 Å². The predicted molar refractivity (Wildman–Crippen MR) is 215 cm³/mol. The second-order valence-corrected chi connectivity index (χ2v) is 16.0. The van der Waals surface area contributed by atoms with E-state index in [9.17, 15) is 31.9 Å². The molecule has 59 heavy (non-hydrogen) atoms. The Bertz CT molecular complexity index is 2080. The van der Waals surface area contributed by atoms with E-state index < -0.39 is 58.3 Å². The first-order valence-corrected chi connectivity index (χ1v) is 19.7. The molecule has 12 nitrogen and oxygen atoms in total. The van der Waals surface area contributed by atoms with E-state index in [1.54, 1.807) is 36.5 Å². The Morgan fingerprint density at radius 1 is 0.966 bits per heavy atom. The van der Waals surface area contributed by atoms with Crippen LogP contribution in [0.4, 0.5) is 28.9 Å². The minimum Gasteiger partial charge on any atom is -0.456 e. The molecule has 4 N–H and O–H groups in total. The summed E-state index contributed by atoms with van der Waals surface area (Å²) in [5.41, 5.74) is 8.08. The molecule has 0 saturated carbocycles. The topological polar surface area (TPSA) is 161 Å². The Balaban J connectivity index is 1.07. The number of rotatable bonds is 19. The second-order valence-electron chi connectivity index (χ2n) is 16.0. The van der Waals surface area contributed by atoms with Crippen LogP contribution in [0.2, 0.25) is 0 Å². The number of pyridine rings is 1. The average Bonchev–Trinajstić information content (AvgIpc) is 3.99. The van der Waals surface area contributed by atoms with E-state index in [-0.39, 0.29) is 49.7 Å². The highest BCUT2D eigenvalue weighted by Gasteiger charge is 2.52. The third kappa shape index (κ3) is 11.9. The van der Waals surface area contributed by atoms with Crippen molar-refractivity contribution in [3.05, 3.63) is 88.3 Å². The maximum absolute atomic E-state index is 14.0. The number of halogens is 4. The molecule has 2 aliphatic rings. The van der Waals surface area contributed by atoms with Crippen molar-refractivity contribution < 1.29 is 46.2 Å². The van der Waals surface area contributed by atoms with Crippen molar-refractivity contribution in [1.29, 1.82) is 0 Å². The minimum atomic E-state index is -1.63. The SMILES string of the molecule is CCCN(CCC)C(=O)C1=Cc2ccc(C(=O)Nc3cncc(CNC(=O)CCC(C)(C)OCCC(C)(C)C4OC4Oc4c(F)c(F)cc(F)c4F)c3)cc2N=C(N)C1. The molecule has 2 aromatic carbocycles. The number of benzene rings is 2. The zero-order valence-corrected chi connectivity index (χ0v) is 34.2. The van der Waals surface area contributed by atoms with Crippen LogP contribution in [-0.2, 0) is 25.6 Å². The van der Waals surface area contributed by atoms with Gasteiger partial charge in [0.15, 0.2) is 17.4 Å². The molecule has 2 atom stereocenters. The van der Waals surface area contributed by atoms with Crippen LogP contribution < -0.4 is 21.1 Å². The molecular weight excluding hydrogens is 773 g/mol. The third-order valence-corrected chi connectivity index (χ3v) is 10.1. The summed E-state index contributed by atoms with van der Waals surface area (Å²) in [6, 6.07) is 6.84. The van der Waals surface area contributed by atoms with Crippen LogP contribution in [0.5, 0.6) is 5.75 Å². The molecule has 3 amide bonds. The Kier molecular flexibility index (Phi) is 14.5. The molecule has 3 heterocycles. The van der Waals surface area contributed by atoms with Gasteiger partial charge >= 0.3 is 0 Å². The fraction of sp³-hybridized carbons (Fsp3) is 0.465. The molecule has 1 saturated heterocycles. The molecule has 1 aromatic heterocycles. The van der Waals surface area contributed by atoms with Gasteiger partial charge in [-0.15, -0.1) is 0 Å². The van der Waals surface area contributed by atoms with Crippen molar-refractivity contribution in [3.8, 4) is 5.75 Å². The Labute approximate surface area is 341 Å². The van der Waals surface area contributed by atoms with E-state index in [4.69, 9.17) is 19.9 Å². The summed E-state index contributed by atoms with van der Waals surface area (Å²) in [6.07, 6.45) is 6.06. The van der Waals surface area contributed by atoms with Crippen molar-refractivity contribution >= 4 is 41.0 Å². The predicted octanol–water partition coefficient (Wildman–Crippen LogP) is 7.73. The van der Waals surface area contributed by atoms with Crippen molar-refractivity contribution in [2.75, 3.05) is 25.0 Å². The second kappa shape index (κ2) is 19.1. The lowest BCUT2D eigenvalue weighted by molar-refractivity contribution is -0.127. The first-order chi connectivity index (χ1) is 27.9. The fourth-order valence-electron chi connectivity index (χ4n) is 6.60. The lowest BCUT2D eigenvalue weighted by atomic mass is 9.85. The van der Waals surface area contributed by atoms with Crippen LogP contribution in [0.25, 0.3) is 6.08 Å². The zero-order chi connectivity index (χ0) is 43.1. The van der Waals surface area contributed by atoms with Gasteiger partial charge in [-0.05, 0) is 74.8 Å². The summed E-state index contributed by atoms with van der Waals surface area (Å²) in [4.78, 5) is 49.9. The standard InChI is InChI=1S/C43H52F4N6O6/c1-7-14-53(15-8-2)40(56)28-18-26-9-10-27(19-32(26)52-33(48)20-28)39(55)51-29-17-25(22-49-24-29)23-50-34(54)11-12-43(5,6)57-16-13-42(3,4)38-41(59-38)58-37-35(46)30(44)21-31(45)36(37)47/h9-10,17-19,21-22,24,38,41H,7-8,11-16,20,23H2,1-6H3,(H2,48,52)(H,50,54)(H,51,55). The third-order valence-electron chi connectivity index (χ3n) is 10.1. The maximum Gasteiger partial charge on any atom is 0.255 e. The quantitative estimate of drug-likeness (QED) is 0.0629. The van der Waals surface area contributed by atoms with Gasteiger partial charge in [-0.1, -0.05) is 33.8 Å². The van der Waals surface area contributed by atoms with E-state index in [1.165, 1.54) is 6.20 Å². The van der Waals surface area contributed by atoms with Crippen molar-refractivity contribution in [2.45, 2.75) is 105 Å². The summed E-state index contributed by atoms with van der Waals surface area (Å²) in [5, 5.41) is 5.71. The van der Waals surface area contributed by atoms with E-state index in [1.807, 2.05) is 46.4 Å². The first kappa shape index (κ1) is 44.7. The number of aliphatic imine (C=N–C) groups is 1. The van der Waals surface area contributed by atoms with Crippen molar-refractivity contribution in [1.82, 2.24) is 15.2 Å². The van der Waals surface area contributed by atoms with Gasteiger partial charge in [-0.3, -0.25) is 19.4 Å². The molecule has 318 valence electrons.